The number of hydrogen-bond acceptors (Lipinski definition) is 5. The summed E-state index contributed by atoms with van der Waals surface area (Å²) in [5.41, 5.74) is 0. The van der Waals surface area contributed by atoms with Crippen LogP contribution in [0.2, 0.25) is 0 Å². The van der Waals surface area contributed by atoms with Gasteiger partial charge in [0.2, 0.25) is 0 Å². The molecule has 0 N–H and O–H groups in total. The predicted octanol–water partition coefficient (Wildman–Crippen LogP) is -0.827. The van der Waals surface area contributed by atoms with Crippen LogP contribution in [0.4, 0.5) is 0 Å². The highest BCUT2D eigenvalue weighted by Gasteiger charge is 2.28. The van der Waals surface area contributed by atoms with Crippen LogP contribution >= 0.6 is 0 Å². The molecule has 1 saturated heterocycles. The lowest BCUT2D eigenvalue weighted by atomic mass is 10.1. The van der Waals surface area contributed by atoms with Gasteiger partial charge in [-0.25, -0.2) is 4.98 Å². The van der Waals surface area contributed by atoms with Gasteiger partial charge >= 0.3 is 0 Å². The molecule has 1 fully saturated rings. The molecule has 6 heteroatoms. The van der Waals surface area contributed by atoms with Crippen LogP contribution in [0.5, 0.6) is 0 Å². The van der Waals surface area contributed by atoms with Crippen LogP contribution in [0.25, 0.3) is 0 Å². The van der Waals surface area contributed by atoms with Crippen LogP contribution in [0.3, 0.4) is 0 Å². The summed E-state index contributed by atoms with van der Waals surface area (Å²) < 4.78 is 1.66. The molecule has 0 aliphatic carbocycles. The van der Waals surface area contributed by atoms with Gasteiger partial charge in [0, 0.05) is 26.7 Å². The summed E-state index contributed by atoms with van der Waals surface area (Å²) in [6.45, 7) is 2.75. The predicted molar refractivity (Wildman–Crippen MR) is 63.6 cm³/mol. The minimum absolute atomic E-state index is 0.0227. The molecule has 94 valence electrons. The molecular formula is C11H19N5O. The smallest absolute Gasteiger partial charge is 0.158 e. The van der Waals surface area contributed by atoms with Crippen molar-refractivity contribution in [1.29, 1.82) is 0 Å². The molecule has 1 aromatic heterocycles. The van der Waals surface area contributed by atoms with E-state index in [1.165, 1.54) is 6.33 Å². The van der Waals surface area contributed by atoms with Crippen molar-refractivity contribution in [3.63, 3.8) is 0 Å². The van der Waals surface area contributed by atoms with Gasteiger partial charge in [0.25, 0.3) is 0 Å². The number of carbonyl (C=O) groups excluding carboxylic acids is 1. The van der Waals surface area contributed by atoms with Crippen molar-refractivity contribution in [2.75, 3.05) is 33.7 Å². The molecular weight excluding hydrogens is 218 g/mol. The number of aryl methyl sites for hydroxylation is 1. The Morgan fingerprint density at radius 1 is 1.41 bits per heavy atom. The molecule has 1 unspecified atom stereocenters. The summed E-state index contributed by atoms with van der Waals surface area (Å²) in [7, 11) is 5.87. The monoisotopic (exact) mass is 237 g/mol. The number of Topliss-reactive ketones (excluding diaryl/α,β-unsaturated/α-hetero) is 1. The summed E-state index contributed by atoms with van der Waals surface area (Å²) >= 11 is 0. The Hall–Kier alpha value is -1.27. The molecule has 1 atom stereocenters. The minimum Gasteiger partial charge on any atom is -0.303 e. The zero-order chi connectivity index (χ0) is 12.4. The number of rotatable bonds is 3. The van der Waals surface area contributed by atoms with Crippen molar-refractivity contribution < 1.29 is 4.79 Å². The quantitative estimate of drug-likeness (QED) is 0.687. The van der Waals surface area contributed by atoms with Gasteiger partial charge in [0.1, 0.15) is 12.2 Å². The second-order valence-electron chi connectivity index (χ2n) is 4.70. The first kappa shape index (κ1) is 12.2. The van der Waals surface area contributed by atoms with E-state index in [2.05, 4.69) is 26.9 Å². The largest absolute Gasteiger partial charge is 0.303 e. The average molecular weight is 237 g/mol. The molecule has 0 radical (unpaired) electrons. The van der Waals surface area contributed by atoms with E-state index in [1.807, 2.05) is 14.1 Å². The van der Waals surface area contributed by atoms with Crippen LogP contribution < -0.4 is 0 Å². The van der Waals surface area contributed by atoms with E-state index in [-0.39, 0.29) is 11.8 Å². The Morgan fingerprint density at radius 2 is 2.18 bits per heavy atom. The second-order valence-corrected chi connectivity index (χ2v) is 4.70. The summed E-state index contributed by atoms with van der Waals surface area (Å²) in [6, 6.07) is -0.0227. The highest BCUT2D eigenvalue weighted by molar-refractivity contribution is 5.85. The molecule has 1 aliphatic heterocycles. The Morgan fingerprint density at radius 3 is 2.82 bits per heavy atom. The van der Waals surface area contributed by atoms with Crippen molar-refractivity contribution in [1.82, 2.24) is 24.6 Å². The van der Waals surface area contributed by atoms with Gasteiger partial charge in [-0.1, -0.05) is 0 Å². The van der Waals surface area contributed by atoms with Crippen molar-refractivity contribution in [3.05, 3.63) is 12.2 Å². The maximum Gasteiger partial charge on any atom is 0.158 e. The molecule has 0 aromatic carbocycles. The Balaban J connectivity index is 2.02. The van der Waals surface area contributed by atoms with E-state index in [4.69, 9.17) is 0 Å². The molecule has 2 heterocycles. The molecule has 0 amide bonds. The number of aromatic nitrogens is 3. The lowest BCUT2D eigenvalue weighted by Crippen LogP contribution is -2.54. The fraction of sp³-hybridized carbons (Fsp3) is 0.727. The second kappa shape index (κ2) is 4.93. The fourth-order valence-electron chi connectivity index (χ4n) is 2.11. The van der Waals surface area contributed by atoms with Gasteiger partial charge in [-0.3, -0.25) is 14.4 Å². The SMILES string of the molecule is CN1CCN(C)C(C(=O)Cc2ncnn2C)C1. The first-order chi connectivity index (χ1) is 8.08. The number of carbonyl (C=O) groups is 1. The minimum atomic E-state index is -0.0227. The number of ketones is 1. The van der Waals surface area contributed by atoms with Crippen LogP contribution in [-0.4, -0.2) is 70.1 Å². The van der Waals surface area contributed by atoms with Crippen molar-refractivity contribution >= 4 is 5.78 Å². The fourth-order valence-corrected chi connectivity index (χ4v) is 2.11. The zero-order valence-electron chi connectivity index (χ0n) is 10.6. The van der Waals surface area contributed by atoms with E-state index in [0.717, 1.165) is 25.5 Å². The summed E-state index contributed by atoms with van der Waals surface area (Å²) in [5, 5.41) is 3.98. The van der Waals surface area contributed by atoms with Gasteiger partial charge < -0.3 is 4.90 Å². The lowest BCUT2D eigenvalue weighted by Gasteiger charge is -2.36. The van der Waals surface area contributed by atoms with E-state index in [0.29, 0.717) is 6.42 Å². The first-order valence-corrected chi connectivity index (χ1v) is 5.82. The molecule has 0 bridgehead atoms. The molecule has 17 heavy (non-hydrogen) atoms. The topological polar surface area (TPSA) is 54.3 Å². The van der Waals surface area contributed by atoms with E-state index in [1.54, 1.807) is 4.68 Å². The van der Waals surface area contributed by atoms with Crippen molar-refractivity contribution in [2.45, 2.75) is 12.5 Å². The molecule has 0 spiro atoms. The van der Waals surface area contributed by atoms with Gasteiger partial charge in [-0.05, 0) is 14.1 Å². The molecule has 1 aliphatic rings. The summed E-state index contributed by atoms with van der Waals surface area (Å²) in [5.74, 6) is 0.951. The summed E-state index contributed by atoms with van der Waals surface area (Å²) in [6.07, 6.45) is 1.85. The average Bonchev–Trinajstić information content (AvgIpc) is 2.68. The third kappa shape index (κ3) is 2.70. The lowest BCUT2D eigenvalue weighted by molar-refractivity contribution is -0.125. The van der Waals surface area contributed by atoms with Gasteiger partial charge in [0.05, 0.1) is 12.5 Å². The molecule has 0 saturated carbocycles. The normalized spacial score (nSPS) is 22.9. The van der Waals surface area contributed by atoms with E-state index >= 15 is 0 Å². The summed E-state index contributed by atoms with van der Waals surface area (Å²) in [4.78, 5) is 20.6. The van der Waals surface area contributed by atoms with E-state index < -0.39 is 0 Å². The third-order valence-electron chi connectivity index (χ3n) is 3.36. The molecule has 6 nitrogen and oxygen atoms in total. The number of likely N-dealkylation sites (N-methyl/N-ethyl adjacent to an activating group) is 2. The van der Waals surface area contributed by atoms with Gasteiger partial charge in [-0.2, -0.15) is 5.10 Å². The zero-order valence-corrected chi connectivity index (χ0v) is 10.6. The highest BCUT2D eigenvalue weighted by Crippen LogP contribution is 2.09. The Kier molecular flexibility index (Phi) is 3.54. The van der Waals surface area contributed by atoms with Crippen molar-refractivity contribution in [2.24, 2.45) is 7.05 Å². The van der Waals surface area contributed by atoms with E-state index in [9.17, 15) is 4.79 Å². The number of hydrogen-bond donors (Lipinski definition) is 0. The third-order valence-corrected chi connectivity index (χ3v) is 3.36. The van der Waals surface area contributed by atoms with Crippen LogP contribution in [0, 0.1) is 0 Å². The van der Waals surface area contributed by atoms with Gasteiger partial charge in [-0.15, -0.1) is 0 Å². The number of nitrogens with zero attached hydrogens (tertiary/aromatic N) is 5. The standard InChI is InChI=1S/C11H19N5O/c1-14-4-5-15(2)9(7-14)10(17)6-11-12-8-13-16(11)3/h8-9H,4-7H2,1-3H3. The maximum absolute atomic E-state index is 12.2. The Labute approximate surface area is 101 Å². The molecule has 1 aromatic rings. The first-order valence-electron chi connectivity index (χ1n) is 5.82. The van der Waals surface area contributed by atoms with Gasteiger partial charge in [0.15, 0.2) is 5.78 Å². The Bertz CT molecular complexity index is 402. The van der Waals surface area contributed by atoms with Crippen LogP contribution in [0.1, 0.15) is 5.82 Å². The molecule has 2 rings (SSSR count). The van der Waals surface area contributed by atoms with Crippen molar-refractivity contribution in [3.8, 4) is 0 Å². The number of piperazine rings is 1. The highest BCUT2D eigenvalue weighted by atomic mass is 16.1. The van der Waals surface area contributed by atoms with Crippen LogP contribution in [0.15, 0.2) is 6.33 Å². The van der Waals surface area contributed by atoms with Crippen LogP contribution in [-0.2, 0) is 18.3 Å². The maximum atomic E-state index is 12.2.